The van der Waals surface area contributed by atoms with Crippen molar-refractivity contribution in [1.82, 2.24) is 4.31 Å². The van der Waals surface area contributed by atoms with Gasteiger partial charge in [0.2, 0.25) is 10.0 Å². The minimum Gasteiger partial charge on any atom is -0.495 e. The van der Waals surface area contributed by atoms with Crippen molar-refractivity contribution in [3.8, 4) is 5.75 Å². The van der Waals surface area contributed by atoms with E-state index >= 15 is 0 Å². The second-order valence-corrected chi connectivity index (χ2v) is 9.81. The quantitative estimate of drug-likeness (QED) is 0.742. The number of hydrogen-bond donors (Lipinski definition) is 0. The third kappa shape index (κ3) is 3.42. The summed E-state index contributed by atoms with van der Waals surface area (Å²) in [5.41, 5.74) is 0. The number of ether oxygens (including phenoxy) is 1. The van der Waals surface area contributed by atoms with Gasteiger partial charge in [-0.05, 0) is 30.3 Å². The zero-order chi connectivity index (χ0) is 18.2. The van der Waals surface area contributed by atoms with E-state index in [9.17, 15) is 21.2 Å². The maximum absolute atomic E-state index is 13.4. The lowest BCUT2D eigenvalue weighted by Crippen LogP contribution is -2.56. The molecule has 2 aromatic rings. The number of nitrogens with zero attached hydrogens (tertiary/aromatic N) is 1. The molecule has 1 aromatic heterocycles. The first kappa shape index (κ1) is 17.9. The van der Waals surface area contributed by atoms with Crippen molar-refractivity contribution in [3.05, 3.63) is 48.2 Å². The molecule has 25 heavy (non-hydrogen) atoms. The van der Waals surface area contributed by atoms with Gasteiger partial charge in [0.1, 0.15) is 28.0 Å². The molecule has 2 heterocycles. The average molecular weight is 389 g/mol. The monoisotopic (exact) mass is 389 g/mol. The van der Waals surface area contributed by atoms with Crippen LogP contribution in [-0.2, 0) is 25.6 Å². The molecule has 0 amide bonds. The number of sulfone groups is 1. The average Bonchev–Trinajstić information content (AvgIpc) is 2.97. The Morgan fingerprint density at radius 1 is 1.24 bits per heavy atom. The van der Waals surface area contributed by atoms with Crippen LogP contribution in [0.2, 0.25) is 0 Å². The molecule has 0 N–H and O–H groups in total. The van der Waals surface area contributed by atoms with Crippen LogP contribution in [0.5, 0.6) is 5.75 Å². The minimum atomic E-state index is -4.04. The standard InChI is InChI=1S/C15H16FNO6S2/c1-22-14-5-4-11(16)7-15(14)25(20,21)17-8-13(9-17)24(18,19)10-12-3-2-6-23-12/h2-7,13H,8-10H2,1H3. The van der Waals surface area contributed by atoms with Gasteiger partial charge in [-0.1, -0.05) is 0 Å². The van der Waals surface area contributed by atoms with Crippen LogP contribution in [0, 0.1) is 5.82 Å². The second-order valence-electron chi connectivity index (χ2n) is 5.63. The third-order valence-electron chi connectivity index (χ3n) is 3.99. The first-order valence-corrected chi connectivity index (χ1v) is 10.5. The van der Waals surface area contributed by atoms with Gasteiger partial charge < -0.3 is 9.15 Å². The van der Waals surface area contributed by atoms with Gasteiger partial charge in [0.05, 0.1) is 18.6 Å². The van der Waals surface area contributed by atoms with Crippen molar-refractivity contribution in [2.24, 2.45) is 0 Å². The van der Waals surface area contributed by atoms with E-state index in [2.05, 4.69) is 0 Å². The number of furan rings is 1. The molecule has 1 aromatic carbocycles. The zero-order valence-corrected chi connectivity index (χ0v) is 14.9. The van der Waals surface area contributed by atoms with Gasteiger partial charge >= 0.3 is 0 Å². The molecule has 1 aliphatic heterocycles. The highest BCUT2D eigenvalue weighted by Gasteiger charge is 2.44. The van der Waals surface area contributed by atoms with E-state index in [0.29, 0.717) is 5.76 Å². The topological polar surface area (TPSA) is 93.9 Å². The van der Waals surface area contributed by atoms with E-state index in [4.69, 9.17) is 9.15 Å². The molecule has 7 nitrogen and oxygen atoms in total. The molecule has 0 aliphatic carbocycles. The van der Waals surface area contributed by atoms with Crippen molar-refractivity contribution < 1.29 is 30.4 Å². The summed E-state index contributed by atoms with van der Waals surface area (Å²) in [5.74, 6) is -0.708. The summed E-state index contributed by atoms with van der Waals surface area (Å²) < 4.78 is 74.2. The summed E-state index contributed by atoms with van der Waals surface area (Å²) >= 11 is 0. The first-order valence-electron chi connectivity index (χ1n) is 7.31. The number of methoxy groups -OCH3 is 1. The maximum atomic E-state index is 13.4. The number of sulfonamides is 1. The summed E-state index contributed by atoms with van der Waals surface area (Å²) in [6, 6.07) is 6.29. The maximum Gasteiger partial charge on any atom is 0.246 e. The predicted molar refractivity (Wildman–Crippen MR) is 86.8 cm³/mol. The molecular formula is C15H16FNO6S2. The number of halogens is 1. The molecule has 0 spiro atoms. The van der Waals surface area contributed by atoms with Gasteiger partial charge in [-0.25, -0.2) is 21.2 Å². The molecular weight excluding hydrogens is 373 g/mol. The smallest absolute Gasteiger partial charge is 0.246 e. The Morgan fingerprint density at radius 2 is 1.96 bits per heavy atom. The van der Waals surface area contributed by atoms with Gasteiger partial charge in [0.15, 0.2) is 9.84 Å². The first-order chi connectivity index (χ1) is 11.7. The minimum absolute atomic E-state index is 0.00305. The lowest BCUT2D eigenvalue weighted by molar-refractivity contribution is 0.306. The molecule has 1 fully saturated rings. The van der Waals surface area contributed by atoms with Gasteiger partial charge in [-0.3, -0.25) is 0 Å². The fraction of sp³-hybridized carbons (Fsp3) is 0.333. The van der Waals surface area contributed by atoms with Crippen LogP contribution >= 0.6 is 0 Å². The van der Waals surface area contributed by atoms with Gasteiger partial charge in [-0.2, -0.15) is 4.31 Å². The molecule has 1 aliphatic rings. The van der Waals surface area contributed by atoms with Crippen molar-refractivity contribution in [3.63, 3.8) is 0 Å². The van der Waals surface area contributed by atoms with Crippen LogP contribution in [0.3, 0.4) is 0 Å². The Bertz CT molecular complexity index is 963. The molecule has 3 rings (SSSR count). The number of rotatable bonds is 6. The van der Waals surface area contributed by atoms with E-state index in [1.807, 2.05) is 0 Å². The summed E-state index contributed by atoms with van der Waals surface area (Å²) in [6.45, 7) is -0.379. The van der Waals surface area contributed by atoms with Crippen molar-refractivity contribution >= 4 is 19.9 Å². The molecule has 10 heteroatoms. The van der Waals surface area contributed by atoms with Crippen molar-refractivity contribution in [2.45, 2.75) is 15.9 Å². The largest absolute Gasteiger partial charge is 0.495 e. The molecule has 0 saturated carbocycles. The van der Waals surface area contributed by atoms with E-state index in [-0.39, 0.29) is 29.5 Å². The molecule has 0 atom stereocenters. The molecule has 0 bridgehead atoms. The van der Waals surface area contributed by atoms with Crippen LogP contribution in [-0.4, -0.2) is 46.6 Å². The fourth-order valence-electron chi connectivity index (χ4n) is 2.53. The Labute approximate surface area is 145 Å². The van der Waals surface area contributed by atoms with Crippen molar-refractivity contribution in [1.29, 1.82) is 0 Å². The van der Waals surface area contributed by atoms with Crippen LogP contribution in [0.1, 0.15) is 5.76 Å². The Balaban J connectivity index is 1.76. The summed E-state index contributed by atoms with van der Waals surface area (Å²) in [7, 11) is -6.32. The molecule has 1 saturated heterocycles. The third-order valence-corrected chi connectivity index (χ3v) is 7.84. The van der Waals surface area contributed by atoms with Gasteiger partial charge in [0, 0.05) is 13.1 Å². The lowest BCUT2D eigenvalue weighted by Gasteiger charge is -2.37. The lowest BCUT2D eigenvalue weighted by atomic mass is 10.3. The SMILES string of the molecule is COc1ccc(F)cc1S(=O)(=O)N1CC(S(=O)(=O)Cc2ccco2)C1. The highest BCUT2D eigenvalue weighted by atomic mass is 32.2. The highest BCUT2D eigenvalue weighted by Crippen LogP contribution is 2.32. The zero-order valence-electron chi connectivity index (χ0n) is 13.3. The fourth-order valence-corrected chi connectivity index (χ4v) is 6.02. The normalized spacial score (nSPS) is 16.6. The molecule has 0 radical (unpaired) electrons. The summed E-state index contributed by atoms with van der Waals surface area (Å²) in [4.78, 5) is -0.322. The molecule has 136 valence electrons. The molecule has 0 unspecified atom stereocenters. The van der Waals surface area contributed by atoms with E-state index in [0.717, 1.165) is 16.4 Å². The summed E-state index contributed by atoms with van der Waals surface area (Å²) in [5, 5.41) is -0.827. The van der Waals surface area contributed by atoms with Crippen LogP contribution in [0.4, 0.5) is 4.39 Å². The van der Waals surface area contributed by atoms with E-state index < -0.39 is 30.9 Å². The highest BCUT2D eigenvalue weighted by molar-refractivity contribution is 7.92. The predicted octanol–water partition coefficient (Wildman–Crippen LogP) is 1.42. The number of hydrogen-bond acceptors (Lipinski definition) is 6. The number of benzene rings is 1. The van der Waals surface area contributed by atoms with E-state index in [1.54, 1.807) is 12.1 Å². The Kier molecular flexibility index (Phi) is 4.60. The Morgan fingerprint density at radius 3 is 2.56 bits per heavy atom. The Hall–Kier alpha value is -1.91. The van der Waals surface area contributed by atoms with Crippen LogP contribution in [0.25, 0.3) is 0 Å². The summed E-state index contributed by atoms with van der Waals surface area (Å²) in [6.07, 6.45) is 1.37. The van der Waals surface area contributed by atoms with Gasteiger partial charge in [-0.15, -0.1) is 0 Å². The van der Waals surface area contributed by atoms with E-state index in [1.165, 1.54) is 19.4 Å². The van der Waals surface area contributed by atoms with Crippen LogP contribution < -0.4 is 4.74 Å². The second kappa shape index (κ2) is 6.43. The van der Waals surface area contributed by atoms with Crippen LogP contribution in [0.15, 0.2) is 45.9 Å². The van der Waals surface area contributed by atoms with Gasteiger partial charge in [0.25, 0.3) is 0 Å². The van der Waals surface area contributed by atoms with Crippen molar-refractivity contribution in [2.75, 3.05) is 20.2 Å².